The first-order chi connectivity index (χ1) is 13.3. The van der Waals surface area contributed by atoms with E-state index in [2.05, 4.69) is 9.97 Å². The average molecular weight is 385 g/mol. The fourth-order valence-corrected chi connectivity index (χ4v) is 3.26. The fourth-order valence-electron chi connectivity index (χ4n) is 3.26. The zero-order chi connectivity index (χ0) is 19.9. The maximum atomic E-state index is 13.3. The molecule has 0 atom stereocenters. The molecule has 0 saturated carbocycles. The quantitative estimate of drug-likeness (QED) is 0.749. The molecule has 0 aliphatic carbocycles. The second-order valence-corrected chi connectivity index (χ2v) is 6.77. The number of carbonyl (C=O) groups is 2. The summed E-state index contributed by atoms with van der Waals surface area (Å²) in [5, 5.41) is 0.706. The maximum absolute atomic E-state index is 13.3. The minimum Gasteiger partial charge on any atom is -0.366 e. The zero-order valence-corrected chi connectivity index (χ0v) is 14.8. The third kappa shape index (κ3) is 3.30. The minimum absolute atomic E-state index is 0.0243. The minimum atomic E-state index is -2.70. The molecule has 3 aromatic heterocycles. The van der Waals surface area contributed by atoms with Crippen LogP contribution >= 0.6 is 0 Å². The first-order valence-electron chi connectivity index (χ1n) is 8.73. The summed E-state index contributed by atoms with van der Waals surface area (Å²) in [6, 6.07) is 5.06. The van der Waals surface area contributed by atoms with Gasteiger partial charge in [-0.1, -0.05) is 0 Å². The molecule has 4 heterocycles. The number of primary amides is 1. The Morgan fingerprint density at radius 2 is 1.82 bits per heavy atom. The molecule has 0 spiro atoms. The van der Waals surface area contributed by atoms with Gasteiger partial charge in [-0.05, 0) is 18.2 Å². The van der Waals surface area contributed by atoms with Crippen LogP contribution in [0.1, 0.15) is 33.6 Å². The Labute approximate surface area is 158 Å². The monoisotopic (exact) mass is 385 g/mol. The van der Waals surface area contributed by atoms with Crippen molar-refractivity contribution in [2.24, 2.45) is 5.73 Å². The van der Waals surface area contributed by atoms with Gasteiger partial charge in [0.15, 0.2) is 0 Å². The molecule has 7 nitrogen and oxygen atoms in total. The van der Waals surface area contributed by atoms with Gasteiger partial charge in [0.2, 0.25) is 5.91 Å². The van der Waals surface area contributed by atoms with E-state index in [1.807, 2.05) is 0 Å². The van der Waals surface area contributed by atoms with Crippen molar-refractivity contribution in [3.63, 3.8) is 0 Å². The number of likely N-dealkylation sites (tertiary alicyclic amines) is 1. The Balaban J connectivity index is 1.62. The Morgan fingerprint density at radius 3 is 2.54 bits per heavy atom. The van der Waals surface area contributed by atoms with Crippen LogP contribution in [0.15, 0.2) is 43.0 Å². The number of fused-ring (bicyclic) bond motifs is 1. The standard InChI is InChI=1S/C19H17F2N5O2/c20-19(21)2-5-25(6-3-19)18(28)14-7-12-1-4-26(17(12)24-10-14)15-8-13(16(22)27)9-23-11-15/h1,4,7-11H,2-3,5-6H2,(H2,22,27). The molecule has 0 aromatic carbocycles. The number of rotatable bonds is 3. The van der Waals surface area contributed by atoms with Crippen molar-refractivity contribution in [1.82, 2.24) is 19.4 Å². The highest BCUT2D eigenvalue weighted by molar-refractivity contribution is 5.97. The summed E-state index contributed by atoms with van der Waals surface area (Å²) >= 11 is 0. The van der Waals surface area contributed by atoms with Crippen molar-refractivity contribution >= 4 is 22.8 Å². The lowest BCUT2D eigenvalue weighted by atomic mass is 10.1. The number of hydrogen-bond donors (Lipinski definition) is 1. The molecule has 0 unspecified atom stereocenters. The van der Waals surface area contributed by atoms with E-state index >= 15 is 0 Å². The lowest BCUT2D eigenvalue weighted by Crippen LogP contribution is -2.42. The molecule has 28 heavy (non-hydrogen) atoms. The molecule has 2 amide bonds. The highest BCUT2D eigenvalue weighted by atomic mass is 19.3. The number of hydrogen-bond acceptors (Lipinski definition) is 4. The highest BCUT2D eigenvalue weighted by Crippen LogP contribution is 2.28. The molecule has 144 valence electrons. The molecule has 0 bridgehead atoms. The van der Waals surface area contributed by atoms with Crippen molar-refractivity contribution in [1.29, 1.82) is 0 Å². The van der Waals surface area contributed by atoms with Gasteiger partial charge in [0, 0.05) is 49.9 Å². The number of nitrogens with zero attached hydrogens (tertiary/aromatic N) is 4. The number of alkyl halides is 2. The summed E-state index contributed by atoms with van der Waals surface area (Å²) in [6.07, 6.45) is 5.47. The van der Waals surface area contributed by atoms with Crippen LogP contribution in [0.3, 0.4) is 0 Å². The van der Waals surface area contributed by atoms with Crippen LogP contribution in [0.5, 0.6) is 0 Å². The van der Waals surface area contributed by atoms with E-state index in [1.165, 1.54) is 17.3 Å². The van der Waals surface area contributed by atoms with Crippen LogP contribution in [0.4, 0.5) is 8.78 Å². The average Bonchev–Trinajstić information content (AvgIpc) is 3.11. The van der Waals surface area contributed by atoms with Gasteiger partial charge in [-0.25, -0.2) is 13.8 Å². The summed E-state index contributed by atoms with van der Waals surface area (Å²) in [4.78, 5) is 33.8. The summed E-state index contributed by atoms with van der Waals surface area (Å²) in [7, 11) is 0. The van der Waals surface area contributed by atoms with Gasteiger partial charge in [-0.3, -0.25) is 19.1 Å². The van der Waals surface area contributed by atoms with E-state index in [0.29, 0.717) is 22.3 Å². The van der Waals surface area contributed by atoms with Crippen molar-refractivity contribution in [3.05, 3.63) is 54.1 Å². The molecular formula is C19H17F2N5O2. The van der Waals surface area contributed by atoms with Crippen molar-refractivity contribution in [2.45, 2.75) is 18.8 Å². The first kappa shape index (κ1) is 18.0. The smallest absolute Gasteiger partial charge is 0.255 e. The Morgan fingerprint density at radius 1 is 1.07 bits per heavy atom. The molecule has 3 aromatic rings. The number of amides is 2. The third-order valence-electron chi connectivity index (χ3n) is 4.84. The van der Waals surface area contributed by atoms with Crippen LogP contribution in [0.25, 0.3) is 16.7 Å². The Hall–Kier alpha value is -3.36. The number of carbonyl (C=O) groups excluding carboxylic acids is 2. The summed E-state index contributed by atoms with van der Waals surface area (Å²) in [6.45, 7) is 0.0485. The van der Waals surface area contributed by atoms with Crippen LogP contribution in [0, 0.1) is 0 Å². The van der Waals surface area contributed by atoms with Gasteiger partial charge in [0.1, 0.15) is 5.65 Å². The van der Waals surface area contributed by atoms with E-state index in [0.717, 1.165) is 0 Å². The number of aromatic nitrogens is 3. The third-order valence-corrected chi connectivity index (χ3v) is 4.84. The van der Waals surface area contributed by atoms with E-state index < -0.39 is 11.8 Å². The normalized spacial score (nSPS) is 16.3. The lowest BCUT2D eigenvalue weighted by Gasteiger charge is -2.31. The number of halogens is 2. The summed E-state index contributed by atoms with van der Waals surface area (Å²) < 4.78 is 28.3. The maximum Gasteiger partial charge on any atom is 0.255 e. The van der Waals surface area contributed by atoms with Crippen molar-refractivity contribution < 1.29 is 18.4 Å². The first-order valence-corrected chi connectivity index (χ1v) is 8.73. The number of piperidine rings is 1. The molecule has 1 fully saturated rings. The van der Waals surface area contributed by atoms with Crippen LogP contribution in [0.2, 0.25) is 0 Å². The predicted octanol–water partition coefficient (Wildman–Crippen LogP) is 2.39. The van der Waals surface area contributed by atoms with E-state index in [1.54, 1.807) is 35.2 Å². The van der Waals surface area contributed by atoms with Crippen LogP contribution in [-0.4, -0.2) is 50.3 Å². The fraction of sp³-hybridized carbons (Fsp3) is 0.263. The molecule has 1 aliphatic rings. The SMILES string of the molecule is NC(=O)c1cncc(-n2ccc3cc(C(=O)N4CCC(F)(F)CC4)cnc32)c1. The lowest BCUT2D eigenvalue weighted by molar-refractivity contribution is -0.0494. The highest BCUT2D eigenvalue weighted by Gasteiger charge is 2.35. The summed E-state index contributed by atoms with van der Waals surface area (Å²) in [5.74, 6) is -3.60. The molecule has 0 radical (unpaired) electrons. The topological polar surface area (TPSA) is 94.1 Å². The van der Waals surface area contributed by atoms with Crippen molar-refractivity contribution in [3.8, 4) is 5.69 Å². The molecule has 1 saturated heterocycles. The van der Waals surface area contributed by atoms with Gasteiger partial charge in [0.25, 0.3) is 11.8 Å². The van der Waals surface area contributed by atoms with Gasteiger partial charge >= 0.3 is 0 Å². The summed E-state index contributed by atoms with van der Waals surface area (Å²) in [5.41, 5.74) is 7.10. The largest absolute Gasteiger partial charge is 0.366 e. The van der Waals surface area contributed by atoms with E-state index in [4.69, 9.17) is 5.73 Å². The van der Waals surface area contributed by atoms with Crippen LogP contribution in [-0.2, 0) is 0 Å². The second-order valence-electron chi connectivity index (χ2n) is 6.77. The van der Waals surface area contributed by atoms with E-state index in [-0.39, 0.29) is 37.4 Å². The Bertz CT molecular complexity index is 1070. The number of nitrogens with two attached hydrogens (primary N) is 1. The molecular weight excluding hydrogens is 368 g/mol. The number of pyridine rings is 2. The Kier molecular flexibility index (Phi) is 4.29. The van der Waals surface area contributed by atoms with Gasteiger partial charge in [-0.15, -0.1) is 0 Å². The van der Waals surface area contributed by atoms with Gasteiger partial charge in [-0.2, -0.15) is 0 Å². The zero-order valence-electron chi connectivity index (χ0n) is 14.8. The molecule has 1 aliphatic heterocycles. The van der Waals surface area contributed by atoms with Crippen LogP contribution < -0.4 is 5.73 Å². The molecule has 4 rings (SSSR count). The van der Waals surface area contributed by atoms with Crippen molar-refractivity contribution in [2.75, 3.05) is 13.1 Å². The molecule has 9 heteroatoms. The molecule has 2 N–H and O–H groups in total. The van der Waals surface area contributed by atoms with Gasteiger partial charge in [0.05, 0.1) is 23.0 Å². The van der Waals surface area contributed by atoms with E-state index in [9.17, 15) is 18.4 Å². The predicted molar refractivity (Wildman–Crippen MR) is 97.5 cm³/mol. The second kappa shape index (κ2) is 6.66. The van der Waals surface area contributed by atoms with Gasteiger partial charge < -0.3 is 10.6 Å².